The topological polar surface area (TPSA) is 147 Å². The standard InChI is InChI=1S/C33H33ClN8O3/c1-40-29-24(9-19(11-27(29)45-2)33(44)42-15-18-6-8-25(42)28(18)35)39-32(40)26-10-17-5-7-22(38-31(17)41(26)14-16-3-4-16)23-12-21(34)20(13-37-23)30(36)43/h5,7,9-13,16,18,25,28H,3-4,6,8,14-15,35H2,1-2H3,(H2,36,43)/t18?,25?,28-/m1/s1. The van der Waals surface area contributed by atoms with E-state index in [0.29, 0.717) is 46.6 Å². The zero-order valence-corrected chi connectivity index (χ0v) is 25.8. The van der Waals surface area contributed by atoms with Crippen LogP contribution in [0.1, 0.15) is 46.4 Å². The summed E-state index contributed by atoms with van der Waals surface area (Å²) in [5, 5.41) is 1.19. The molecule has 0 radical (unpaired) electrons. The largest absolute Gasteiger partial charge is 0.494 e. The molecule has 2 aliphatic carbocycles. The SMILES string of the molecule is COc1cc(C(=O)N2CC3CCC2[C@@H]3N)cc2nc(-c3cc4ccc(-c5cc(Cl)c(C(N)=O)cn5)nc4n3CC3CC3)n(C)c12. The molecule has 5 aromatic rings. The molecule has 3 aliphatic rings. The van der Waals surface area contributed by atoms with E-state index < -0.39 is 5.91 Å². The van der Waals surface area contributed by atoms with Gasteiger partial charge in [0.15, 0.2) is 5.82 Å². The Bertz CT molecular complexity index is 2050. The molecule has 2 saturated carbocycles. The second-order valence-electron chi connectivity index (χ2n) is 12.6. The van der Waals surface area contributed by atoms with E-state index in [9.17, 15) is 9.59 Å². The number of hydrogen-bond acceptors (Lipinski definition) is 7. The summed E-state index contributed by atoms with van der Waals surface area (Å²) < 4.78 is 10.1. The minimum absolute atomic E-state index is 0.0257. The van der Waals surface area contributed by atoms with Crippen molar-refractivity contribution in [3.05, 3.63) is 58.7 Å². The second-order valence-corrected chi connectivity index (χ2v) is 13.0. The van der Waals surface area contributed by atoms with Crippen molar-refractivity contribution < 1.29 is 14.3 Å². The predicted octanol–water partition coefficient (Wildman–Crippen LogP) is 4.38. The van der Waals surface area contributed by atoms with Gasteiger partial charge < -0.3 is 30.2 Å². The van der Waals surface area contributed by atoms with Crippen molar-refractivity contribution in [1.82, 2.24) is 29.0 Å². The Hall–Kier alpha value is -4.48. The number of methoxy groups -OCH3 is 1. The van der Waals surface area contributed by atoms with Gasteiger partial charge in [-0.25, -0.2) is 9.97 Å². The van der Waals surface area contributed by atoms with E-state index in [1.807, 2.05) is 40.8 Å². The Balaban J connectivity index is 1.23. The third-order valence-electron chi connectivity index (χ3n) is 9.81. The van der Waals surface area contributed by atoms with E-state index in [4.69, 9.17) is 37.8 Å². The molecule has 1 saturated heterocycles. The highest BCUT2D eigenvalue weighted by Gasteiger charge is 2.47. The van der Waals surface area contributed by atoms with Gasteiger partial charge in [-0.15, -0.1) is 0 Å². The average molecular weight is 625 g/mol. The van der Waals surface area contributed by atoms with Crippen molar-refractivity contribution in [2.45, 2.75) is 44.3 Å². The van der Waals surface area contributed by atoms with Crippen molar-refractivity contribution in [1.29, 1.82) is 0 Å². The molecule has 3 atom stereocenters. The zero-order valence-electron chi connectivity index (χ0n) is 25.0. The summed E-state index contributed by atoms with van der Waals surface area (Å²) in [7, 11) is 3.59. The molecule has 45 heavy (non-hydrogen) atoms. The van der Waals surface area contributed by atoms with Gasteiger partial charge in [0, 0.05) is 49.4 Å². The second kappa shape index (κ2) is 10.3. The molecule has 4 N–H and O–H groups in total. The summed E-state index contributed by atoms with van der Waals surface area (Å²) in [5.41, 5.74) is 17.0. The molecular formula is C33H33ClN8O3. The number of rotatable bonds is 7. The highest BCUT2D eigenvalue weighted by Crippen LogP contribution is 2.40. The van der Waals surface area contributed by atoms with Gasteiger partial charge in [-0.05, 0) is 73.9 Å². The first kappa shape index (κ1) is 28.0. The first-order chi connectivity index (χ1) is 21.7. The van der Waals surface area contributed by atoms with E-state index in [1.165, 1.54) is 6.20 Å². The van der Waals surface area contributed by atoms with Gasteiger partial charge in [-0.1, -0.05) is 11.6 Å². The molecule has 2 amide bonds. The molecule has 5 heterocycles. The van der Waals surface area contributed by atoms with Crippen molar-refractivity contribution in [3.63, 3.8) is 0 Å². The Morgan fingerprint density at radius 2 is 1.89 bits per heavy atom. The number of nitrogens with two attached hydrogens (primary N) is 2. The lowest BCUT2D eigenvalue weighted by molar-refractivity contribution is 0.0700. The van der Waals surface area contributed by atoms with Gasteiger partial charge in [0.1, 0.15) is 16.9 Å². The Morgan fingerprint density at radius 3 is 2.56 bits per heavy atom. The molecular weight excluding hydrogens is 592 g/mol. The zero-order chi connectivity index (χ0) is 31.1. The van der Waals surface area contributed by atoms with Gasteiger partial charge in [-0.2, -0.15) is 0 Å². The number of aromatic nitrogens is 5. The smallest absolute Gasteiger partial charge is 0.254 e. The summed E-state index contributed by atoms with van der Waals surface area (Å²) in [5.74, 6) is 1.62. The molecule has 230 valence electrons. The third kappa shape index (κ3) is 4.47. The number of amides is 2. The number of hydrogen-bond donors (Lipinski definition) is 2. The summed E-state index contributed by atoms with van der Waals surface area (Å²) in [6, 6.07) is 11.5. The van der Waals surface area contributed by atoms with Gasteiger partial charge in [0.2, 0.25) is 0 Å². The number of ether oxygens (including phenoxy) is 1. The molecule has 1 aliphatic heterocycles. The molecule has 2 unspecified atom stereocenters. The Kier molecular flexibility index (Phi) is 6.40. The van der Waals surface area contributed by atoms with Crippen LogP contribution in [0.15, 0.2) is 42.6 Å². The number of halogens is 1. The van der Waals surface area contributed by atoms with Crippen LogP contribution in [0, 0.1) is 11.8 Å². The number of pyridine rings is 2. The molecule has 12 heteroatoms. The summed E-state index contributed by atoms with van der Waals surface area (Å²) >= 11 is 6.33. The minimum Gasteiger partial charge on any atom is -0.494 e. The molecule has 11 nitrogen and oxygen atoms in total. The van der Waals surface area contributed by atoms with Crippen LogP contribution in [-0.4, -0.2) is 66.5 Å². The first-order valence-corrected chi connectivity index (χ1v) is 15.7. The van der Waals surface area contributed by atoms with E-state index in [0.717, 1.165) is 60.3 Å². The Morgan fingerprint density at radius 1 is 1.07 bits per heavy atom. The van der Waals surface area contributed by atoms with Crippen LogP contribution >= 0.6 is 11.6 Å². The Labute approximate surface area is 264 Å². The van der Waals surface area contributed by atoms with Crippen molar-refractivity contribution in [2.24, 2.45) is 30.4 Å². The van der Waals surface area contributed by atoms with Crippen molar-refractivity contribution in [2.75, 3.05) is 13.7 Å². The number of nitrogens with zero attached hydrogens (tertiary/aromatic N) is 6. The van der Waals surface area contributed by atoms with Crippen LogP contribution < -0.4 is 16.2 Å². The maximum atomic E-state index is 13.7. The van der Waals surface area contributed by atoms with Crippen LogP contribution in [0.5, 0.6) is 5.75 Å². The van der Waals surface area contributed by atoms with E-state index in [1.54, 1.807) is 13.2 Å². The molecule has 2 bridgehead atoms. The van der Waals surface area contributed by atoms with Crippen LogP contribution in [0.3, 0.4) is 0 Å². The van der Waals surface area contributed by atoms with E-state index >= 15 is 0 Å². The maximum Gasteiger partial charge on any atom is 0.254 e. The lowest BCUT2D eigenvalue weighted by Gasteiger charge is -2.27. The fraction of sp³-hybridized carbons (Fsp3) is 0.364. The first-order valence-electron chi connectivity index (χ1n) is 15.3. The van der Waals surface area contributed by atoms with Gasteiger partial charge in [-0.3, -0.25) is 14.6 Å². The lowest BCUT2D eigenvalue weighted by Crippen LogP contribution is -2.41. The number of carbonyl (C=O) groups is 2. The maximum absolute atomic E-state index is 13.7. The van der Waals surface area contributed by atoms with Crippen LogP contribution in [0.4, 0.5) is 0 Å². The van der Waals surface area contributed by atoms with Gasteiger partial charge in [0.25, 0.3) is 11.8 Å². The molecule has 4 aromatic heterocycles. The number of carbonyl (C=O) groups excluding carboxylic acids is 2. The van der Waals surface area contributed by atoms with Gasteiger partial charge in [0.05, 0.1) is 40.3 Å². The number of imidazole rings is 1. The number of primary amides is 1. The summed E-state index contributed by atoms with van der Waals surface area (Å²) in [6.07, 6.45) is 5.74. The van der Waals surface area contributed by atoms with E-state index in [-0.39, 0.29) is 28.6 Å². The van der Waals surface area contributed by atoms with Crippen LogP contribution in [-0.2, 0) is 13.6 Å². The molecule has 1 aromatic carbocycles. The van der Waals surface area contributed by atoms with Crippen molar-refractivity contribution >= 4 is 45.5 Å². The number of piperidine rings is 1. The molecule has 3 fully saturated rings. The third-order valence-corrected chi connectivity index (χ3v) is 10.1. The number of fused-ring (bicyclic) bond motifs is 4. The summed E-state index contributed by atoms with van der Waals surface area (Å²) in [6.45, 7) is 1.50. The predicted molar refractivity (Wildman–Crippen MR) is 171 cm³/mol. The molecule has 0 spiro atoms. The quantitative estimate of drug-likeness (QED) is 0.273. The van der Waals surface area contributed by atoms with Crippen LogP contribution in [0.2, 0.25) is 5.02 Å². The monoisotopic (exact) mass is 624 g/mol. The lowest BCUT2D eigenvalue weighted by atomic mass is 10.1. The fourth-order valence-electron chi connectivity index (χ4n) is 7.22. The van der Waals surface area contributed by atoms with Crippen molar-refractivity contribution in [3.8, 4) is 28.7 Å². The fourth-order valence-corrected chi connectivity index (χ4v) is 7.46. The van der Waals surface area contributed by atoms with Crippen LogP contribution in [0.25, 0.3) is 45.0 Å². The normalized spacial score (nSPS) is 20.9. The highest BCUT2D eigenvalue weighted by molar-refractivity contribution is 6.34. The van der Waals surface area contributed by atoms with E-state index in [2.05, 4.69) is 15.6 Å². The number of likely N-dealkylation sites (tertiary alicyclic amines) is 1. The number of aryl methyl sites for hydroxylation is 1. The minimum atomic E-state index is -0.631. The van der Waals surface area contributed by atoms with Gasteiger partial charge >= 0.3 is 0 Å². The average Bonchev–Trinajstić information content (AvgIpc) is 3.44. The number of benzene rings is 1. The summed E-state index contributed by atoms with van der Waals surface area (Å²) in [4.78, 5) is 41.8. The highest BCUT2D eigenvalue weighted by atomic mass is 35.5. The molecule has 8 rings (SSSR count).